The van der Waals surface area contributed by atoms with Gasteiger partial charge in [-0.1, -0.05) is 54.6 Å². The van der Waals surface area contributed by atoms with Crippen LogP contribution in [0.3, 0.4) is 0 Å². The fraction of sp³-hybridized carbons (Fsp3) is 0.130. The molecular weight excluding hydrogens is 338 g/mol. The molecule has 0 saturated carbocycles. The van der Waals surface area contributed by atoms with Crippen molar-refractivity contribution in [3.63, 3.8) is 0 Å². The Bertz CT molecular complexity index is 954. The molecule has 4 nitrogen and oxygen atoms in total. The molecule has 3 aromatic carbocycles. The minimum atomic E-state index is -0.279. The molecular formula is C23H19NO3. The lowest BCUT2D eigenvalue weighted by molar-refractivity contribution is -0.144. The second-order valence-electron chi connectivity index (χ2n) is 6.04. The number of esters is 1. The van der Waals surface area contributed by atoms with Crippen LogP contribution >= 0.6 is 0 Å². The van der Waals surface area contributed by atoms with Crippen LogP contribution in [-0.2, 0) is 22.6 Å². The molecule has 0 radical (unpaired) electrons. The summed E-state index contributed by atoms with van der Waals surface area (Å²) in [6.07, 6.45) is 0.220. The first-order valence-electron chi connectivity index (χ1n) is 8.56. The highest BCUT2D eigenvalue weighted by Crippen LogP contribution is 2.23. The molecule has 0 aliphatic carbocycles. The SMILES string of the molecule is COc1ccc(CC(=O)OCc2ccc(-c3ccccc3C#N)cc2)cc1. The summed E-state index contributed by atoms with van der Waals surface area (Å²) >= 11 is 0. The Balaban J connectivity index is 1.58. The van der Waals surface area contributed by atoms with Crippen molar-refractivity contribution in [2.75, 3.05) is 7.11 Å². The number of carbonyl (C=O) groups excluding carboxylic acids is 1. The second-order valence-corrected chi connectivity index (χ2v) is 6.04. The van der Waals surface area contributed by atoms with Crippen molar-refractivity contribution in [2.24, 2.45) is 0 Å². The molecule has 0 atom stereocenters. The van der Waals surface area contributed by atoms with E-state index in [9.17, 15) is 10.1 Å². The zero-order chi connectivity index (χ0) is 19.1. The predicted octanol–water partition coefficient (Wildman–Crippen LogP) is 4.52. The lowest BCUT2D eigenvalue weighted by Gasteiger charge is -2.08. The quantitative estimate of drug-likeness (QED) is 0.609. The topological polar surface area (TPSA) is 59.3 Å². The van der Waals surface area contributed by atoms with Crippen LogP contribution in [0, 0.1) is 11.3 Å². The van der Waals surface area contributed by atoms with Crippen LogP contribution in [0.4, 0.5) is 0 Å². The van der Waals surface area contributed by atoms with Crippen LogP contribution in [0.15, 0.2) is 72.8 Å². The van der Waals surface area contributed by atoms with Crippen LogP contribution in [0.1, 0.15) is 16.7 Å². The van der Waals surface area contributed by atoms with Gasteiger partial charge < -0.3 is 9.47 Å². The van der Waals surface area contributed by atoms with Gasteiger partial charge in [-0.2, -0.15) is 5.26 Å². The highest BCUT2D eigenvalue weighted by atomic mass is 16.5. The summed E-state index contributed by atoms with van der Waals surface area (Å²) in [5.74, 6) is 0.476. The maximum atomic E-state index is 12.0. The molecule has 0 amide bonds. The summed E-state index contributed by atoms with van der Waals surface area (Å²) in [5, 5.41) is 9.22. The van der Waals surface area contributed by atoms with Crippen LogP contribution < -0.4 is 4.74 Å². The average Bonchev–Trinajstić information content (AvgIpc) is 2.73. The van der Waals surface area contributed by atoms with Gasteiger partial charge in [0.2, 0.25) is 0 Å². The van der Waals surface area contributed by atoms with Gasteiger partial charge >= 0.3 is 5.97 Å². The number of hydrogen-bond acceptors (Lipinski definition) is 4. The number of ether oxygens (including phenoxy) is 2. The first-order chi connectivity index (χ1) is 13.2. The zero-order valence-electron chi connectivity index (χ0n) is 15.0. The number of nitrogens with zero attached hydrogens (tertiary/aromatic N) is 1. The molecule has 0 spiro atoms. The largest absolute Gasteiger partial charge is 0.497 e. The summed E-state index contributed by atoms with van der Waals surface area (Å²) in [6, 6.07) is 24.7. The molecule has 0 heterocycles. The van der Waals surface area contributed by atoms with E-state index in [4.69, 9.17) is 9.47 Å². The van der Waals surface area contributed by atoms with Crippen molar-refractivity contribution >= 4 is 5.97 Å². The van der Waals surface area contributed by atoms with Crippen molar-refractivity contribution in [2.45, 2.75) is 13.0 Å². The van der Waals surface area contributed by atoms with Crippen molar-refractivity contribution in [3.8, 4) is 22.9 Å². The molecule has 0 unspecified atom stereocenters. The van der Waals surface area contributed by atoms with Crippen LogP contribution in [-0.4, -0.2) is 13.1 Å². The maximum absolute atomic E-state index is 12.0. The van der Waals surface area contributed by atoms with E-state index in [1.807, 2.05) is 66.7 Å². The van der Waals surface area contributed by atoms with E-state index in [1.165, 1.54) is 0 Å². The van der Waals surface area contributed by atoms with E-state index in [0.717, 1.165) is 28.0 Å². The molecule has 3 aromatic rings. The van der Waals surface area contributed by atoms with E-state index in [2.05, 4.69) is 6.07 Å². The van der Waals surface area contributed by atoms with Gasteiger partial charge in [-0.05, 0) is 40.5 Å². The molecule has 0 saturated heterocycles. The summed E-state index contributed by atoms with van der Waals surface area (Å²) in [5.41, 5.74) is 4.26. The molecule has 134 valence electrons. The smallest absolute Gasteiger partial charge is 0.310 e. The Morgan fingerprint density at radius 1 is 0.926 bits per heavy atom. The number of rotatable bonds is 6. The third kappa shape index (κ3) is 4.74. The van der Waals surface area contributed by atoms with Gasteiger partial charge in [0.1, 0.15) is 12.4 Å². The second kappa shape index (κ2) is 8.68. The van der Waals surface area contributed by atoms with Crippen LogP contribution in [0.25, 0.3) is 11.1 Å². The summed E-state index contributed by atoms with van der Waals surface area (Å²) in [7, 11) is 1.60. The molecule has 0 aliphatic heterocycles. The first kappa shape index (κ1) is 18.2. The Kier molecular flexibility index (Phi) is 5.86. The van der Waals surface area contributed by atoms with Gasteiger partial charge in [0.15, 0.2) is 0 Å². The van der Waals surface area contributed by atoms with E-state index in [1.54, 1.807) is 13.2 Å². The average molecular weight is 357 g/mol. The number of methoxy groups -OCH3 is 1. The molecule has 0 N–H and O–H groups in total. The lowest BCUT2D eigenvalue weighted by Crippen LogP contribution is -2.08. The van der Waals surface area contributed by atoms with Crippen molar-refractivity contribution < 1.29 is 14.3 Å². The monoisotopic (exact) mass is 357 g/mol. The zero-order valence-corrected chi connectivity index (χ0v) is 15.0. The lowest BCUT2D eigenvalue weighted by atomic mass is 9.99. The normalized spacial score (nSPS) is 10.1. The Morgan fingerprint density at radius 2 is 1.59 bits per heavy atom. The molecule has 4 heteroatoms. The minimum Gasteiger partial charge on any atom is -0.497 e. The van der Waals surface area contributed by atoms with Gasteiger partial charge in [-0.15, -0.1) is 0 Å². The molecule has 0 bridgehead atoms. The van der Waals surface area contributed by atoms with Crippen molar-refractivity contribution in [1.29, 1.82) is 5.26 Å². The highest BCUT2D eigenvalue weighted by Gasteiger charge is 2.07. The van der Waals surface area contributed by atoms with E-state index >= 15 is 0 Å². The van der Waals surface area contributed by atoms with E-state index in [-0.39, 0.29) is 19.0 Å². The Morgan fingerprint density at radius 3 is 2.26 bits per heavy atom. The molecule has 0 aliphatic rings. The number of hydrogen-bond donors (Lipinski definition) is 0. The molecule has 27 heavy (non-hydrogen) atoms. The number of nitriles is 1. The molecule has 3 rings (SSSR count). The standard InChI is InChI=1S/C23H19NO3/c1-26-21-12-8-17(9-13-21)14-23(25)27-16-18-6-10-19(11-7-18)22-5-3-2-4-20(22)15-24/h2-13H,14,16H2,1H3. The van der Waals surface area contributed by atoms with E-state index in [0.29, 0.717) is 5.56 Å². The van der Waals surface area contributed by atoms with Gasteiger partial charge in [0.05, 0.1) is 25.2 Å². The van der Waals surface area contributed by atoms with Crippen molar-refractivity contribution in [1.82, 2.24) is 0 Å². The summed E-state index contributed by atoms with van der Waals surface area (Å²) < 4.78 is 10.5. The fourth-order valence-corrected chi connectivity index (χ4v) is 2.74. The van der Waals surface area contributed by atoms with Gasteiger partial charge in [-0.25, -0.2) is 0 Å². The van der Waals surface area contributed by atoms with Gasteiger partial charge in [0.25, 0.3) is 0 Å². The van der Waals surface area contributed by atoms with Crippen LogP contribution in [0.5, 0.6) is 5.75 Å². The minimum absolute atomic E-state index is 0.217. The van der Waals surface area contributed by atoms with Crippen molar-refractivity contribution in [3.05, 3.63) is 89.5 Å². The van der Waals surface area contributed by atoms with E-state index < -0.39 is 0 Å². The Labute approximate surface area is 158 Å². The van der Waals surface area contributed by atoms with Gasteiger partial charge in [-0.3, -0.25) is 4.79 Å². The third-order valence-corrected chi connectivity index (χ3v) is 4.22. The fourth-order valence-electron chi connectivity index (χ4n) is 2.74. The predicted molar refractivity (Wildman–Crippen MR) is 103 cm³/mol. The summed E-state index contributed by atoms with van der Waals surface area (Å²) in [4.78, 5) is 12.0. The Hall–Kier alpha value is -3.58. The summed E-state index contributed by atoms with van der Waals surface area (Å²) in [6.45, 7) is 0.217. The molecule has 0 fully saturated rings. The number of benzene rings is 3. The highest BCUT2D eigenvalue weighted by molar-refractivity contribution is 5.73. The maximum Gasteiger partial charge on any atom is 0.310 e. The third-order valence-electron chi connectivity index (χ3n) is 4.22. The number of carbonyl (C=O) groups is 1. The molecule has 0 aromatic heterocycles. The first-order valence-corrected chi connectivity index (χ1v) is 8.56. The van der Waals surface area contributed by atoms with Gasteiger partial charge in [0, 0.05) is 0 Å². The van der Waals surface area contributed by atoms with Crippen LogP contribution in [0.2, 0.25) is 0 Å².